The van der Waals surface area contributed by atoms with Gasteiger partial charge in [0.05, 0.1) is 22.7 Å². The predicted molar refractivity (Wildman–Crippen MR) is 84.0 cm³/mol. The number of carbonyl (C=O) groups is 2. The largest absolute Gasteiger partial charge is 0.459 e. The Kier molecular flexibility index (Phi) is 6.23. The molecule has 0 unspecified atom stereocenters. The first-order valence-corrected chi connectivity index (χ1v) is 7.57. The van der Waals surface area contributed by atoms with E-state index in [0.29, 0.717) is 6.07 Å². The Balaban J connectivity index is 1.86. The van der Waals surface area contributed by atoms with Crippen LogP contribution < -0.4 is 0 Å². The van der Waals surface area contributed by atoms with E-state index < -0.39 is 23.4 Å². The molecule has 0 aliphatic carbocycles. The molecule has 24 heavy (non-hydrogen) atoms. The van der Waals surface area contributed by atoms with Crippen LogP contribution in [0.2, 0.25) is 10.2 Å². The molecule has 0 saturated heterocycles. The number of esters is 1. The quantitative estimate of drug-likeness (QED) is 0.428. The number of Topliss-reactive ketones (excluding diaryl/α,β-unsaturated/α-hetero) is 1. The molecule has 2 aromatic rings. The van der Waals surface area contributed by atoms with Crippen molar-refractivity contribution < 1.29 is 23.1 Å². The molecule has 1 aromatic heterocycles. The maximum absolute atomic E-state index is 13.5. The van der Waals surface area contributed by atoms with E-state index in [1.165, 1.54) is 12.1 Å². The summed E-state index contributed by atoms with van der Waals surface area (Å²) in [7, 11) is 0. The maximum atomic E-state index is 13.5. The van der Waals surface area contributed by atoms with Gasteiger partial charge in [-0.05, 0) is 24.3 Å². The molecule has 2 rings (SSSR count). The van der Waals surface area contributed by atoms with Crippen molar-refractivity contribution in [3.05, 3.63) is 63.4 Å². The number of hydrogen-bond acceptors (Lipinski definition) is 4. The number of aromatic nitrogens is 1. The van der Waals surface area contributed by atoms with Gasteiger partial charge < -0.3 is 4.74 Å². The standard InChI is InChI=1S/C16H11Cl2F2NO3/c17-11-3-5-15(18)21-13(11)8-24-16(23)6-4-14(22)10-2-1-9(19)7-12(10)20/h1-3,5,7H,4,6,8H2. The number of benzene rings is 1. The summed E-state index contributed by atoms with van der Waals surface area (Å²) in [6.07, 6.45) is -0.522. The summed E-state index contributed by atoms with van der Waals surface area (Å²) >= 11 is 11.6. The first-order chi connectivity index (χ1) is 11.4. The highest BCUT2D eigenvalue weighted by atomic mass is 35.5. The van der Waals surface area contributed by atoms with E-state index in [1.54, 1.807) is 0 Å². The lowest BCUT2D eigenvalue weighted by Crippen LogP contribution is -2.10. The Morgan fingerprint density at radius 3 is 2.54 bits per heavy atom. The zero-order valence-electron chi connectivity index (χ0n) is 12.2. The molecule has 0 aliphatic rings. The summed E-state index contributed by atoms with van der Waals surface area (Å²) < 4.78 is 31.2. The average molecular weight is 374 g/mol. The van der Waals surface area contributed by atoms with Crippen molar-refractivity contribution in [3.63, 3.8) is 0 Å². The van der Waals surface area contributed by atoms with E-state index in [-0.39, 0.29) is 40.9 Å². The van der Waals surface area contributed by atoms with Gasteiger partial charge in [-0.2, -0.15) is 0 Å². The summed E-state index contributed by atoms with van der Waals surface area (Å²) in [6, 6.07) is 5.62. The van der Waals surface area contributed by atoms with Gasteiger partial charge >= 0.3 is 5.97 Å². The molecular weight excluding hydrogens is 363 g/mol. The highest BCUT2D eigenvalue weighted by molar-refractivity contribution is 6.32. The van der Waals surface area contributed by atoms with Gasteiger partial charge in [0.2, 0.25) is 0 Å². The van der Waals surface area contributed by atoms with Crippen LogP contribution >= 0.6 is 23.2 Å². The number of hydrogen-bond donors (Lipinski definition) is 0. The third kappa shape index (κ3) is 4.97. The first-order valence-electron chi connectivity index (χ1n) is 6.81. The number of ether oxygens (including phenoxy) is 1. The molecule has 0 aliphatic heterocycles. The van der Waals surface area contributed by atoms with Crippen LogP contribution in [-0.2, 0) is 16.1 Å². The van der Waals surface area contributed by atoms with Crippen molar-refractivity contribution in [1.82, 2.24) is 4.98 Å². The SMILES string of the molecule is O=C(CCC(=O)c1ccc(F)cc1F)OCc1nc(Cl)ccc1Cl. The minimum absolute atomic E-state index is 0.197. The summed E-state index contributed by atoms with van der Waals surface area (Å²) in [5.74, 6) is -3.05. The fraction of sp³-hybridized carbons (Fsp3) is 0.188. The molecule has 126 valence electrons. The van der Waals surface area contributed by atoms with E-state index in [4.69, 9.17) is 27.9 Å². The van der Waals surface area contributed by atoms with E-state index >= 15 is 0 Å². The lowest BCUT2D eigenvalue weighted by molar-refractivity contribution is -0.145. The smallest absolute Gasteiger partial charge is 0.306 e. The van der Waals surface area contributed by atoms with E-state index in [1.807, 2.05) is 0 Å². The highest BCUT2D eigenvalue weighted by Gasteiger charge is 2.15. The zero-order chi connectivity index (χ0) is 17.7. The van der Waals surface area contributed by atoms with Gasteiger partial charge in [0.15, 0.2) is 5.78 Å². The molecular formula is C16H11Cl2F2NO3. The van der Waals surface area contributed by atoms with Gasteiger partial charge in [-0.25, -0.2) is 13.8 Å². The Labute approximate surface area is 146 Å². The second-order valence-electron chi connectivity index (χ2n) is 4.77. The molecule has 8 heteroatoms. The lowest BCUT2D eigenvalue weighted by Gasteiger charge is -2.06. The monoisotopic (exact) mass is 373 g/mol. The second-order valence-corrected chi connectivity index (χ2v) is 5.56. The number of rotatable bonds is 6. The average Bonchev–Trinajstić information content (AvgIpc) is 2.53. The zero-order valence-corrected chi connectivity index (χ0v) is 13.7. The van der Waals surface area contributed by atoms with Crippen molar-refractivity contribution >= 4 is 35.0 Å². The minimum Gasteiger partial charge on any atom is -0.459 e. The van der Waals surface area contributed by atoms with E-state index in [9.17, 15) is 18.4 Å². The Morgan fingerprint density at radius 2 is 1.83 bits per heavy atom. The van der Waals surface area contributed by atoms with Crippen LogP contribution in [0.5, 0.6) is 0 Å². The van der Waals surface area contributed by atoms with Crippen molar-refractivity contribution in [1.29, 1.82) is 0 Å². The summed E-state index contributed by atoms with van der Waals surface area (Å²) in [6.45, 7) is -0.197. The number of ketones is 1. The molecule has 0 N–H and O–H groups in total. The molecule has 0 amide bonds. The summed E-state index contributed by atoms with van der Waals surface area (Å²) in [5, 5.41) is 0.490. The third-order valence-electron chi connectivity index (χ3n) is 3.04. The van der Waals surface area contributed by atoms with Crippen LogP contribution in [0.25, 0.3) is 0 Å². The molecule has 0 saturated carbocycles. The predicted octanol–water partition coefficient (Wildman–Crippen LogP) is 4.37. The molecule has 4 nitrogen and oxygen atoms in total. The van der Waals surface area contributed by atoms with Crippen molar-refractivity contribution in [2.24, 2.45) is 0 Å². The fourth-order valence-corrected chi connectivity index (χ4v) is 2.17. The molecule has 0 atom stereocenters. The number of carbonyl (C=O) groups excluding carboxylic acids is 2. The third-order valence-corrected chi connectivity index (χ3v) is 3.60. The van der Waals surface area contributed by atoms with Gasteiger partial charge in [0.25, 0.3) is 0 Å². The second kappa shape index (κ2) is 8.17. The maximum Gasteiger partial charge on any atom is 0.306 e. The number of halogens is 4. The van der Waals surface area contributed by atoms with Crippen LogP contribution in [0.3, 0.4) is 0 Å². The van der Waals surface area contributed by atoms with Gasteiger partial charge in [-0.1, -0.05) is 23.2 Å². The summed E-state index contributed by atoms with van der Waals surface area (Å²) in [4.78, 5) is 27.4. The minimum atomic E-state index is -0.969. The summed E-state index contributed by atoms with van der Waals surface area (Å²) in [5.41, 5.74) is 0.0113. The molecule has 0 fully saturated rings. The first kappa shape index (κ1) is 18.3. The van der Waals surface area contributed by atoms with E-state index in [0.717, 1.165) is 12.1 Å². The van der Waals surface area contributed by atoms with Gasteiger partial charge in [0, 0.05) is 12.5 Å². The Bertz CT molecular complexity index is 784. The normalized spacial score (nSPS) is 10.5. The van der Waals surface area contributed by atoms with Crippen molar-refractivity contribution in [2.75, 3.05) is 0 Å². The fourth-order valence-electron chi connectivity index (χ4n) is 1.85. The molecule has 0 spiro atoms. The van der Waals surface area contributed by atoms with Gasteiger partial charge in [0.1, 0.15) is 23.4 Å². The Morgan fingerprint density at radius 1 is 1.08 bits per heavy atom. The Hall–Kier alpha value is -2.05. The lowest BCUT2D eigenvalue weighted by atomic mass is 10.1. The number of nitrogens with zero attached hydrogens (tertiary/aromatic N) is 1. The van der Waals surface area contributed by atoms with Gasteiger partial charge in [-0.3, -0.25) is 9.59 Å². The molecule has 0 bridgehead atoms. The highest BCUT2D eigenvalue weighted by Crippen LogP contribution is 2.18. The molecule has 1 aromatic carbocycles. The van der Waals surface area contributed by atoms with Gasteiger partial charge in [-0.15, -0.1) is 0 Å². The number of pyridine rings is 1. The van der Waals surface area contributed by atoms with Crippen LogP contribution in [0, 0.1) is 11.6 Å². The van der Waals surface area contributed by atoms with Crippen LogP contribution in [-0.4, -0.2) is 16.7 Å². The van der Waals surface area contributed by atoms with Crippen molar-refractivity contribution in [2.45, 2.75) is 19.4 Å². The van der Waals surface area contributed by atoms with Crippen LogP contribution in [0.1, 0.15) is 28.9 Å². The van der Waals surface area contributed by atoms with E-state index in [2.05, 4.69) is 4.98 Å². The van der Waals surface area contributed by atoms with Crippen LogP contribution in [0.4, 0.5) is 8.78 Å². The van der Waals surface area contributed by atoms with Crippen LogP contribution in [0.15, 0.2) is 30.3 Å². The molecule has 0 radical (unpaired) electrons. The topological polar surface area (TPSA) is 56.3 Å². The molecule has 1 heterocycles. The van der Waals surface area contributed by atoms with Crippen molar-refractivity contribution in [3.8, 4) is 0 Å².